The second-order valence-electron chi connectivity index (χ2n) is 3.38. The summed E-state index contributed by atoms with van der Waals surface area (Å²) >= 11 is 0. The Morgan fingerprint density at radius 3 is 3.20 bits per heavy atom. The third-order valence-electron chi connectivity index (χ3n) is 2.34. The molecule has 0 amide bonds. The number of hydrogen-bond donors (Lipinski definition) is 1. The van der Waals surface area contributed by atoms with Crippen LogP contribution in [0, 0.1) is 0 Å². The Balaban J connectivity index is 2.27. The molecule has 0 bridgehead atoms. The monoisotopic (exact) mass is 206 g/mol. The Morgan fingerprint density at radius 2 is 2.40 bits per heavy atom. The van der Waals surface area contributed by atoms with E-state index in [9.17, 15) is 0 Å². The van der Waals surface area contributed by atoms with Crippen LogP contribution in [0.15, 0.2) is 18.5 Å². The van der Waals surface area contributed by atoms with E-state index < -0.39 is 0 Å². The number of fused-ring (bicyclic) bond motifs is 1. The molecule has 2 aromatic rings. The summed E-state index contributed by atoms with van der Waals surface area (Å²) in [4.78, 5) is 6.09. The summed E-state index contributed by atoms with van der Waals surface area (Å²) in [6, 6.07) is 1.96. The molecule has 2 rings (SSSR count). The first-order chi connectivity index (χ1) is 7.33. The number of rotatable bonds is 4. The molecule has 80 valence electrons. The first kappa shape index (κ1) is 9.92. The topological polar surface area (TPSA) is 54.0 Å². The van der Waals surface area contributed by atoms with Gasteiger partial charge < -0.3 is 9.64 Å². The second kappa shape index (κ2) is 4.27. The molecule has 0 aliphatic carbocycles. The largest absolute Gasteiger partial charge is 0.383 e. The van der Waals surface area contributed by atoms with E-state index in [4.69, 9.17) is 4.74 Å². The number of aromatic amines is 1. The smallest absolute Gasteiger partial charge is 0.158 e. The lowest BCUT2D eigenvalue weighted by Crippen LogP contribution is -2.22. The molecule has 0 radical (unpaired) electrons. The molecule has 0 saturated carbocycles. The normalized spacial score (nSPS) is 10.8. The van der Waals surface area contributed by atoms with Crippen LogP contribution >= 0.6 is 0 Å². The van der Waals surface area contributed by atoms with Crippen molar-refractivity contribution in [1.82, 2.24) is 15.2 Å². The molecule has 0 saturated heterocycles. The third kappa shape index (κ3) is 1.92. The average Bonchev–Trinajstić information content (AvgIpc) is 2.69. The van der Waals surface area contributed by atoms with Gasteiger partial charge in [-0.15, -0.1) is 0 Å². The van der Waals surface area contributed by atoms with Crippen molar-refractivity contribution in [2.24, 2.45) is 0 Å². The first-order valence-electron chi connectivity index (χ1n) is 4.81. The van der Waals surface area contributed by atoms with E-state index in [0.29, 0.717) is 6.61 Å². The SMILES string of the molecule is COCCN(C)c1n[nH]c2cnccc12. The number of aromatic nitrogens is 3. The van der Waals surface area contributed by atoms with Crippen molar-refractivity contribution in [3.63, 3.8) is 0 Å². The number of nitrogens with zero attached hydrogens (tertiary/aromatic N) is 3. The van der Waals surface area contributed by atoms with Crippen LogP contribution in [0.2, 0.25) is 0 Å². The lowest BCUT2D eigenvalue weighted by atomic mass is 10.3. The number of methoxy groups -OCH3 is 1. The Kier molecular flexibility index (Phi) is 2.82. The van der Waals surface area contributed by atoms with Crippen LogP contribution in [0.1, 0.15) is 0 Å². The van der Waals surface area contributed by atoms with Crippen molar-refractivity contribution in [3.8, 4) is 0 Å². The fourth-order valence-electron chi connectivity index (χ4n) is 1.48. The van der Waals surface area contributed by atoms with E-state index in [2.05, 4.69) is 20.1 Å². The van der Waals surface area contributed by atoms with Crippen LogP contribution in [0.5, 0.6) is 0 Å². The predicted octanol–water partition coefficient (Wildman–Crippen LogP) is 1.04. The van der Waals surface area contributed by atoms with E-state index in [-0.39, 0.29) is 0 Å². The van der Waals surface area contributed by atoms with Gasteiger partial charge in [-0.3, -0.25) is 10.1 Å². The lowest BCUT2D eigenvalue weighted by Gasteiger charge is -2.15. The van der Waals surface area contributed by atoms with Gasteiger partial charge in [0.05, 0.1) is 18.3 Å². The van der Waals surface area contributed by atoms with Gasteiger partial charge in [0.1, 0.15) is 0 Å². The maximum Gasteiger partial charge on any atom is 0.158 e. The van der Waals surface area contributed by atoms with Crippen molar-refractivity contribution in [2.45, 2.75) is 0 Å². The van der Waals surface area contributed by atoms with E-state index in [1.54, 1.807) is 19.5 Å². The number of ether oxygens (including phenoxy) is 1. The van der Waals surface area contributed by atoms with Gasteiger partial charge in [-0.2, -0.15) is 5.10 Å². The zero-order valence-electron chi connectivity index (χ0n) is 8.90. The molecular formula is C10H14N4O. The van der Waals surface area contributed by atoms with Crippen LogP contribution in [0.3, 0.4) is 0 Å². The fraction of sp³-hybridized carbons (Fsp3) is 0.400. The summed E-state index contributed by atoms with van der Waals surface area (Å²) < 4.78 is 5.03. The molecule has 0 aliphatic heterocycles. The Bertz CT molecular complexity index is 440. The molecule has 15 heavy (non-hydrogen) atoms. The number of pyridine rings is 1. The van der Waals surface area contributed by atoms with Crippen molar-refractivity contribution >= 4 is 16.7 Å². The van der Waals surface area contributed by atoms with Crippen molar-refractivity contribution < 1.29 is 4.74 Å². The average molecular weight is 206 g/mol. The summed E-state index contributed by atoms with van der Waals surface area (Å²) in [6.07, 6.45) is 3.54. The van der Waals surface area contributed by atoms with Crippen LogP contribution in [-0.4, -0.2) is 42.5 Å². The molecule has 0 aliphatic rings. The highest BCUT2D eigenvalue weighted by molar-refractivity contribution is 5.89. The summed E-state index contributed by atoms with van der Waals surface area (Å²) in [5.74, 6) is 0.935. The summed E-state index contributed by atoms with van der Waals surface area (Å²) in [5.41, 5.74) is 0.955. The number of nitrogens with one attached hydrogen (secondary N) is 1. The Hall–Kier alpha value is -1.62. The van der Waals surface area contributed by atoms with Crippen LogP contribution in [0.25, 0.3) is 10.9 Å². The molecule has 0 atom stereocenters. The number of H-pyrrole nitrogens is 1. The molecule has 0 aromatic carbocycles. The van der Waals surface area contributed by atoms with Gasteiger partial charge in [-0.25, -0.2) is 0 Å². The molecule has 2 aromatic heterocycles. The molecular weight excluding hydrogens is 192 g/mol. The fourth-order valence-corrected chi connectivity index (χ4v) is 1.48. The molecule has 1 N–H and O–H groups in total. The van der Waals surface area contributed by atoms with Crippen molar-refractivity contribution in [3.05, 3.63) is 18.5 Å². The zero-order chi connectivity index (χ0) is 10.7. The quantitative estimate of drug-likeness (QED) is 0.812. The van der Waals surface area contributed by atoms with Gasteiger partial charge in [0.2, 0.25) is 0 Å². The minimum atomic E-state index is 0.690. The Labute approximate surface area is 88.1 Å². The predicted molar refractivity (Wildman–Crippen MR) is 59.0 cm³/mol. The summed E-state index contributed by atoms with van der Waals surface area (Å²) in [6.45, 7) is 1.51. The third-order valence-corrected chi connectivity index (χ3v) is 2.34. The van der Waals surface area contributed by atoms with Crippen LogP contribution in [0.4, 0.5) is 5.82 Å². The number of anilines is 1. The zero-order valence-corrected chi connectivity index (χ0v) is 8.90. The van der Waals surface area contributed by atoms with E-state index in [1.807, 2.05) is 13.1 Å². The highest BCUT2D eigenvalue weighted by Gasteiger charge is 2.08. The maximum absolute atomic E-state index is 5.03. The minimum Gasteiger partial charge on any atom is -0.383 e. The van der Waals surface area contributed by atoms with E-state index in [0.717, 1.165) is 23.3 Å². The van der Waals surface area contributed by atoms with Gasteiger partial charge in [-0.05, 0) is 6.07 Å². The highest BCUT2D eigenvalue weighted by Crippen LogP contribution is 2.21. The molecule has 0 spiro atoms. The molecule has 0 fully saturated rings. The van der Waals surface area contributed by atoms with Gasteiger partial charge >= 0.3 is 0 Å². The van der Waals surface area contributed by atoms with Gasteiger partial charge in [0, 0.05) is 32.3 Å². The van der Waals surface area contributed by atoms with Crippen LogP contribution in [-0.2, 0) is 4.74 Å². The van der Waals surface area contributed by atoms with Crippen LogP contribution < -0.4 is 4.90 Å². The molecule has 5 nitrogen and oxygen atoms in total. The Morgan fingerprint density at radius 1 is 1.53 bits per heavy atom. The second-order valence-corrected chi connectivity index (χ2v) is 3.38. The van der Waals surface area contributed by atoms with E-state index >= 15 is 0 Å². The molecule has 2 heterocycles. The number of likely N-dealkylation sites (N-methyl/N-ethyl adjacent to an activating group) is 1. The maximum atomic E-state index is 5.03. The minimum absolute atomic E-state index is 0.690. The molecule has 0 unspecified atom stereocenters. The summed E-state index contributed by atoms with van der Waals surface area (Å²) in [5, 5.41) is 8.29. The van der Waals surface area contributed by atoms with E-state index in [1.165, 1.54) is 0 Å². The lowest BCUT2D eigenvalue weighted by molar-refractivity contribution is 0.206. The number of hydrogen-bond acceptors (Lipinski definition) is 4. The van der Waals surface area contributed by atoms with Gasteiger partial charge in [0.25, 0.3) is 0 Å². The molecule has 5 heteroatoms. The summed E-state index contributed by atoms with van der Waals surface area (Å²) in [7, 11) is 3.69. The van der Waals surface area contributed by atoms with Crippen molar-refractivity contribution in [2.75, 3.05) is 32.2 Å². The first-order valence-corrected chi connectivity index (χ1v) is 4.81. The standard InChI is InChI=1S/C10H14N4O/c1-14(5-6-15-2)10-8-3-4-11-7-9(8)12-13-10/h3-4,7H,5-6H2,1-2H3,(H,12,13). The van der Waals surface area contributed by atoms with Crippen molar-refractivity contribution in [1.29, 1.82) is 0 Å². The van der Waals surface area contributed by atoms with Gasteiger partial charge in [0.15, 0.2) is 5.82 Å². The van der Waals surface area contributed by atoms with Gasteiger partial charge in [-0.1, -0.05) is 0 Å². The highest BCUT2D eigenvalue weighted by atomic mass is 16.5.